The highest BCUT2D eigenvalue weighted by Gasteiger charge is 2.26. The molecule has 2 aromatic rings. The smallest absolute Gasteiger partial charge is 0.198 e. The van der Waals surface area contributed by atoms with Gasteiger partial charge in [-0.25, -0.2) is 8.78 Å². The van der Waals surface area contributed by atoms with Crippen molar-refractivity contribution < 1.29 is 18.6 Å². The van der Waals surface area contributed by atoms with Crippen LogP contribution >= 0.6 is 0 Å². The van der Waals surface area contributed by atoms with Gasteiger partial charge >= 0.3 is 0 Å². The second-order valence-corrected chi connectivity index (χ2v) is 7.43. The van der Waals surface area contributed by atoms with Crippen LogP contribution in [0, 0.1) is 17.6 Å². The Morgan fingerprint density at radius 2 is 1.86 bits per heavy atom. The monoisotopic (exact) mass is 390 g/mol. The second kappa shape index (κ2) is 9.96. The maximum Gasteiger partial charge on any atom is 0.198 e. The molecular formula is C22H28F2N2O2. The van der Waals surface area contributed by atoms with Crippen molar-refractivity contribution in [3.63, 3.8) is 0 Å². The highest BCUT2D eigenvalue weighted by Crippen LogP contribution is 2.35. The first-order valence-electron chi connectivity index (χ1n) is 9.87. The van der Waals surface area contributed by atoms with Gasteiger partial charge in [0.25, 0.3) is 0 Å². The Balaban J connectivity index is 1.88. The maximum atomic E-state index is 15.3. The summed E-state index contributed by atoms with van der Waals surface area (Å²) in [5.41, 5.74) is 0.367. The summed E-state index contributed by atoms with van der Waals surface area (Å²) in [4.78, 5) is 0. The van der Waals surface area contributed by atoms with E-state index in [0.717, 1.165) is 32.4 Å². The summed E-state index contributed by atoms with van der Waals surface area (Å²) in [5, 5.41) is 16.1. The van der Waals surface area contributed by atoms with Crippen LogP contribution in [-0.4, -0.2) is 30.8 Å². The predicted octanol–water partition coefficient (Wildman–Crippen LogP) is 4.16. The number of aliphatic hydroxyl groups excluding tert-OH is 1. The fourth-order valence-corrected chi connectivity index (χ4v) is 3.65. The van der Waals surface area contributed by atoms with Gasteiger partial charge in [-0.3, -0.25) is 0 Å². The fourth-order valence-electron chi connectivity index (χ4n) is 3.65. The SMILES string of the molecule is C[C@H](CO)N[C@@H](CC1CCNCC1)c1ccc(F)c(Oc2ccccc2)c1F. The van der Waals surface area contributed by atoms with E-state index >= 15 is 4.39 Å². The molecule has 0 aliphatic carbocycles. The van der Waals surface area contributed by atoms with Crippen LogP contribution in [0.15, 0.2) is 42.5 Å². The summed E-state index contributed by atoms with van der Waals surface area (Å²) >= 11 is 0. The van der Waals surface area contributed by atoms with Gasteiger partial charge in [0.05, 0.1) is 6.61 Å². The number of ether oxygens (including phenoxy) is 1. The van der Waals surface area contributed by atoms with Gasteiger partial charge in [0.2, 0.25) is 0 Å². The molecule has 1 saturated heterocycles. The number of hydrogen-bond acceptors (Lipinski definition) is 4. The highest BCUT2D eigenvalue weighted by molar-refractivity contribution is 5.38. The van der Waals surface area contributed by atoms with Crippen LogP contribution in [-0.2, 0) is 0 Å². The van der Waals surface area contributed by atoms with Crippen molar-refractivity contribution in [2.45, 2.75) is 38.3 Å². The van der Waals surface area contributed by atoms with Crippen LogP contribution in [0.5, 0.6) is 11.5 Å². The zero-order valence-electron chi connectivity index (χ0n) is 16.1. The molecule has 6 heteroatoms. The van der Waals surface area contributed by atoms with Crippen LogP contribution in [0.3, 0.4) is 0 Å². The average Bonchev–Trinajstić information content (AvgIpc) is 2.72. The van der Waals surface area contributed by atoms with Gasteiger partial charge in [-0.15, -0.1) is 0 Å². The Bertz CT molecular complexity index is 752. The lowest BCUT2D eigenvalue weighted by Crippen LogP contribution is -2.36. The third-order valence-electron chi connectivity index (χ3n) is 5.20. The highest BCUT2D eigenvalue weighted by atomic mass is 19.1. The zero-order chi connectivity index (χ0) is 19.9. The van der Waals surface area contributed by atoms with Gasteiger partial charge in [0.15, 0.2) is 17.4 Å². The number of rotatable bonds is 8. The summed E-state index contributed by atoms with van der Waals surface area (Å²) in [6, 6.07) is 10.8. The number of benzene rings is 2. The molecule has 0 spiro atoms. The van der Waals surface area contributed by atoms with Crippen molar-refractivity contribution in [1.29, 1.82) is 0 Å². The largest absolute Gasteiger partial charge is 0.451 e. The lowest BCUT2D eigenvalue weighted by molar-refractivity contribution is 0.224. The molecule has 3 rings (SSSR count). The van der Waals surface area contributed by atoms with E-state index in [-0.39, 0.29) is 18.7 Å². The van der Waals surface area contributed by atoms with E-state index in [2.05, 4.69) is 10.6 Å². The number of halogens is 2. The quantitative estimate of drug-likeness (QED) is 0.634. The van der Waals surface area contributed by atoms with Crippen molar-refractivity contribution in [2.75, 3.05) is 19.7 Å². The van der Waals surface area contributed by atoms with Gasteiger partial charge in [-0.1, -0.05) is 24.3 Å². The van der Waals surface area contributed by atoms with Gasteiger partial charge in [0, 0.05) is 17.6 Å². The van der Waals surface area contributed by atoms with E-state index in [1.165, 1.54) is 12.1 Å². The first-order chi connectivity index (χ1) is 13.6. The van der Waals surface area contributed by atoms with Crippen molar-refractivity contribution in [3.05, 3.63) is 59.7 Å². The van der Waals surface area contributed by atoms with Gasteiger partial charge in [-0.2, -0.15) is 0 Å². The minimum absolute atomic E-state index is 0.0566. The Morgan fingerprint density at radius 3 is 2.54 bits per heavy atom. The predicted molar refractivity (Wildman–Crippen MR) is 106 cm³/mol. The van der Waals surface area contributed by atoms with E-state index in [1.54, 1.807) is 24.3 Å². The van der Waals surface area contributed by atoms with E-state index in [0.29, 0.717) is 17.2 Å². The van der Waals surface area contributed by atoms with E-state index in [4.69, 9.17) is 4.74 Å². The minimum Gasteiger partial charge on any atom is -0.451 e. The molecule has 2 aromatic carbocycles. The topological polar surface area (TPSA) is 53.5 Å². The first kappa shape index (κ1) is 20.7. The third-order valence-corrected chi connectivity index (χ3v) is 5.20. The molecule has 28 heavy (non-hydrogen) atoms. The van der Waals surface area contributed by atoms with Crippen LogP contribution in [0.2, 0.25) is 0 Å². The van der Waals surface area contributed by atoms with E-state index < -0.39 is 17.4 Å². The molecule has 0 saturated carbocycles. The summed E-state index contributed by atoms with van der Waals surface area (Å²) in [6.07, 6.45) is 2.75. The first-order valence-corrected chi connectivity index (χ1v) is 9.87. The number of para-hydroxylation sites is 1. The number of aliphatic hydroxyl groups is 1. The Kier molecular flexibility index (Phi) is 7.36. The second-order valence-electron chi connectivity index (χ2n) is 7.43. The Hall–Kier alpha value is -2.02. The molecule has 4 nitrogen and oxygen atoms in total. The lowest BCUT2D eigenvalue weighted by Gasteiger charge is -2.30. The molecule has 3 N–H and O–H groups in total. The van der Waals surface area contributed by atoms with Gasteiger partial charge in [0.1, 0.15) is 5.75 Å². The molecule has 0 amide bonds. The molecule has 0 radical (unpaired) electrons. The molecule has 152 valence electrons. The van der Waals surface area contributed by atoms with Crippen molar-refractivity contribution in [2.24, 2.45) is 5.92 Å². The average molecular weight is 390 g/mol. The normalized spacial score (nSPS) is 17.3. The summed E-state index contributed by atoms with van der Waals surface area (Å²) in [5.74, 6) is -1.00. The molecule has 1 aliphatic heterocycles. The summed E-state index contributed by atoms with van der Waals surface area (Å²) in [7, 11) is 0. The molecular weight excluding hydrogens is 362 g/mol. The molecule has 1 aliphatic rings. The number of piperidine rings is 1. The standard InChI is InChI=1S/C22H28F2N2O2/c1-15(14-27)26-20(13-16-9-11-25-12-10-16)18-7-8-19(23)22(21(18)24)28-17-5-3-2-4-6-17/h2-8,15-16,20,25-27H,9-14H2,1H3/t15-,20+/m1/s1. The zero-order valence-corrected chi connectivity index (χ0v) is 16.1. The van der Waals surface area contributed by atoms with E-state index in [9.17, 15) is 9.50 Å². The van der Waals surface area contributed by atoms with Crippen molar-refractivity contribution >= 4 is 0 Å². The Labute approximate surface area is 164 Å². The Morgan fingerprint density at radius 1 is 1.14 bits per heavy atom. The molecule has 1 heterocycles. The minimum atomic E-state index is -0.735. The number of nitrogens with one attached hydrogen (secondary N) is 2. The molecule has 0 unspecified atom stereocenters. The van der Waals surface area contributed by atoms with Crippen LogP contribution < -0.4 is 15.4 Å². The van der Waals surface area contributed by atoms with Gasteiger partial charge in [-0.05, 0) is 63.4 Å². The fraction of sp³-hybridized carbons (Fsp3) is 0.455. The van der Waals surface area contributed by atoms with E-state index in [1.807, 2.05) is 13.0 Å². The van der Waals surface area contributed by atoms with Crippen molar-refractivity contribution in [3.8, 4) is 11.5 Å². The van der Waals surface area contributed by atoms with Crippen LogP contribution in [0.4, 0.5) is 8.78 Å². The van der Waals surface area contributed by atoms with Gasteiger partial charge < -0.3 is 20.5 Å². The lowest BCUT2D eigenvalue weighted by atomic mass is 9.87. The third kappa shape index (κ3) is 5.28. The number of hydrogen-bond donors (Lipinski definition) is 3. The molecule has 0 aromatic heterocycles. The molecule has 0 bridgehead atoms. The molecule has 1 fully saturated rings. The molecule has 2 atom stereocenters. The summed E-state index contributed by atoms with van der Waals surface area (Å²) in [6.45, 7) is 3.68. The van der Waals surface area contributed by atoms with Crippen LogP contribution in [0.25, 0.3) is 0 Å². The maximum absolute atomic E-state index is 15.3. The van der Waals surface area contributed by atoms with Crippen molar-refractivity contribution in [1.82, 2.24) is 10.6 Å². The van der Waals surface area contributed by atoms with Crippen LogP contribution in [0.1, 0.15) is 37.8 Å². The summed E-state index contributed by atoms with van der Waals surface area (Å²) < 4.78 is 35.1.